The van der Waals surface area contributed by atoms with Crippen LogP contribution in [-0.4, -0.2) is 53.9 Å². The first kappa shape index (κ1) is 13.8. The first-order valence-corrected chi connectivity index (χ1v) is 6.50. The Bertz CT molecular complexity index is 431. The summed E-state index contributed by atoms with van der Waals surface area (Å²) in [4.78, 5) is 20.6. The summed E-state index contributed by atoms with van der Waals surface area (Å²) in [6.07, 6.45) is 3.70. The maximum absolute atomic E-state index is 12.4. The van der Waals surface area contributed by atoms with Gasteiger partial charge in [0, 0.05) is 19.1 Å². The van der Waals surface area contributed by atoms with Crippen molar-refractivity contribution in [1.29, 1.82) is 0 Å². The molecule has 1 aliphatic heterocycles. The second-order valence-corrected chi connectivity index (χ2v) is 5.13. The van der Waals surface area contributed by atoms with E-state index in [4.69, 9.17) is 5.84 Å². The second kappa shape index (κ2) is 5.99. The topological polar surface area (TPSA) is 74.5 Å². The Labute approximate surface area is 113 Å². The van der Waals surface area contributed by atoms with E-state index in [-0.39, 0.29) is 11.9 Å². The van der Waals surface area contributed by atoms with Crippen LogP contribution < -0.4 is 11.3 Å². The van der Waals surface area contributed by atoms with Crippen molar-refractivity contribution in [2.75, 3.05) is 32.6 Å². The predicted molar refractivity (Wildman–Crippen MR) is 74.7 cm³/mol. The van der Waals surface area contributed by atoms with E-state index in [2.05, 4.69) is 15.3 Å². The van der Waals surface area contributed by atoms with Crippen molar-refractivity contribution in [2.45, 2.75) is 18.9 Å². The zero-order chi connectivity index (χ0) is 13.8. The fourth-order valence-electron chi connectivity index (χ4n) is 2.47. The Morgan fingerprint density at radius 3 is 2.95 bits per heavy atom. The third-order valence-electron chi connectivity index (χ3n) is 3.36. The minimum atomic E-state index is 0.00733. The molecule has 1 unspecified atom stereocenters. The largest absolute Gasteiger partial charge is 0.333 e. The zero-order valence-electron chi connectivity index (χ0n) is 11.5. The maximum atomic E-state index is 12.4. The number of likely N-dealkylation sites (N-methyl/N-ethyl adjacent to an activating group) is 1. The number of carbonyl (C=O) groups is 1. The lowest BCUT2D eigenvalue weighted by atomic mass is 10.2. The molecule has 0 spiro atoms. The van der Waals surface area contributed by atoms with E-state index < -0.39 is 0 Å². The molecule has 3 N–H and O–H groups in total. The molecule has 1 atom stereocenters. The van der Waals surface area contributed by atoms with Crippen LogP contribution in [0.3, 0.4) is 0 Å². The van der Waals surface area contributed by atoms with Gasteiger partial charge in [0.05, 0.1) is 11.9 Å². The Morgan fingerprint density at radius 2 is 2.37 bits per heavy atom. The van der Waals surface area contributed by atoms with E-state index in [1.165, 1.54) is 0 Å². The van der Waals surface area contributed by atoms with Crippen LogP contribution in [0.5, 0.6) is 0 Å². The van der Waals surface area contributed by atoms with Gasteiger partial charge in [-0.15, -0.1) is 0 Å². The number of likely N-dealkylation sites (tertiary alicyclic amines) is 1. The quantitative estimate of drug-likeness (QED) is 0.612. The van der Waals surface area contributed by atoms with Crippen LogP contribution in [0.15, 0.2) is 18.3 Å². The van der Waals surface area contributed by atoms with Crippen molar-refractivity contribution < 1.29 is 4.79 Å². The van der Waals surface area contributed by atoms with Crippen LogP contribution in [0.2, 0.25) is 0 Å². The third-order valence-corrected chi connectivity index (χ3v) is 3.36. The van der Waals surface area contributed by atoms with Crippen molar-refractivity contribution in [3.8, 4) is 0 Å². The normalized spacial score (nSPS) is 18.9. The average Bonchev–Trinajstić information content (AvgIpc) is 2.85. The molecule has 1 fully saturated rings. The Balaban J connectivity index is 2.09. The smallest absolute Gasteiger partial charge is 0.272 e. The van der Waals surface area contributed by atoms with Gasteiger partial charge in [-0.05, 0) is 39.1 Å². The van der Waals surface area contributed by atoms with E-state index >= 15 is 0 Å². The van der Waals surface area contributed by atoms with Gasteiger partial charge in [0.25, 0.3) is 5.91 Å². The van der Waals surface area contributed by atoms with Crippen LogP contribution >= 0.6 is 0 Å². The fraction of sp³-hybridized carbons (Fsp3) is 0.538. The third kappa shape index (κ3) is 3.21. The average molecular weight is 263 g/mol. The highest BCUT2D eigenvalue weighted by Gasteiger charge is 2.30. The Hall–Kier alpha value is -1.66. The highest BCUT2D eigenvalue weighted by atomic mass is 16.2. The number of aromatic nitrogens is 1. The van der Waals surface area contributed by atoms with E-state index in [0.29, 0.717) is 11.4 Å². The monoisotopic (exact) mass is 263 g/mol. The van der Waals surface area contributed by atoms with Gasteiger partial charge in [-0.2, -0.15) is 0 Å². The molecule has 1 saturated heterocycles. The highest BCUT2D eigenvalue weighted by molar-refractivity contribution is 5.92. The van der Waals surface area contributed by atoms with Gasteiger partial charge in [0.1, 0.15) is 5.69 Å². The van der Waals surface area contributed by atoms with Crippen molar-refractivity contribution >= 4 is 11.6 Å². The highest BCUT2D eigenvalue weighted by Crippen LogP contribution is 2.20. The number of nitrogens with two attached hydrogens (primary N) is 1. The summed E-state index contributed by atoms with van der Waals surface area (Å²) in [6.45, 7) is 1.71. The molecule has 0 bridgehead atoms. The molecular weight excluding hydrogens is 242 g/mol. The number of pyridine rings is 1. The molecule has 1 aliphatic rings. The molecule has 19 heavy (non-hydrogen) atoms. The van der Waals surface area contributed by atoms with E-state index in [1.807, 2.05) is 19.0 Å². The molecule has 1 aromatic heterocycles. The molecule has 0 radical (unpaired) electrons. The minimum absolute atomic E-state index is 0.00733. The molecule has 1 aromatic rings. The van der Waals surface area contributed by atoms with E-state index in [0.717, 1.165) is 25.9 Å². The molecule has 6 heteroatoms. The molecule has 104 valence electrons. The number of nitrogens with one attached hydrogen (secondary N) is 1. The van der Waals surface area contributed by atoms with Gasteiger partial charge < -0.3 is 15.2 Å². The van der Waals surface area contributed by atoms with Crippen LogP contribution in [0.25, 0.3) is 0 Å². The molecular formula is C13H21N5O. The van der Waals surface area contributed by atoms with Crippen molar-refractivity contribution in [2.24, 2.45) is 5.84 Å². The molecule has 0 saturated carbocycles. The van der Waals surface area contributed by atoms with Crippen molar-refractivity contribution in [3.63, 3.8) is 0 Å². The molecule has 2 heterocycles. The Morgan fingerprint density at radius 1 is 1.58 bits per heavy atom. The summed E-state index contributed by atoms with van der Waals surface area (Å²) in [6, 6.07) is 3.76. The number of carbonyl (C=O) groups excluding carboxylic acids is 1. The van der Waals surface area contributed by atoms with Gasteiger partial charge in [0.15, 0.2) is 0 Å². The number of hydrazine groups is 1. The molecule has 0 aromatic carbocycles. The van der Waals surface area contributed by atoms with E-state index in [9.17, 15) is 4.79 Å². The number of nitrogen functional groups attached to an aromatic ring is 1. The van der Waals surface area contributed by atoms with Crippen molar-refractivity contribution in [3.05, 3.63) is 24.0 Å². The summed E-state index contributed by atoms with van der Waals surface area (Å²) in [5.74, 6) is 5.29. The van der Waals surface area contributed by atoms with Gasteiger partial charge >= 0.3 is 0 Å². The number of nitrogens with zero attached hydrogens (tertiary/aromatic N) is 3. The number of hydrogen-bond acceptors (Lipinski definition) is 5. The zero-order valence-corrected chi connectivity index (χ0v) is 11.5. The summed E-state index contributed by atoms with van der Waals surface area (Å²) < 4.78 is 0. The molecule has 1 amide bonds. The maximum Gasteiger partial charge on any atom is 0.272 e. The summed E-state index contributed by atoms with van der Waals surface area (Å²) >= 11 is 0. The van der Waals surface area contributed by atoms with Gasteiger partial charge in [-0.25, -0.2) is 4.98 Å². The first-order chi connectivity index (χ1) is 9.11. The molecule has 6 nitrogen and oxygen atoms in total. The predicted octanol–water partition coefficient (Wildman–Crippen LogP) is 0.533. The number of hydrogen-bond donors (Lipinski definition) is 2. The van der Waals surface area contributed by atoms with Crippen LogP contribution in [0, 0.1) is 0 Å². The number of rotatable bonds is 4. The van der Waals surface area contributed by atoms with Crippen molar-refractivity contribution in [1.82, 2.24) is 14.8 Å². The fourth-order valence-corrected chi connectivity index (χ4v) is 2.47. The lowest BCUT2D eigenvalue weighted by molar-refractivity contribution is 0.0710. The van der Waals surface area contributed by atoms with Crippen LogP contribution in [0.1, 0.15) is 23.3 Å². The summed E-state index contributed by atoms with van der Waals surface area (Å²) in [5.41, 5.74) is 3.68. The first-order valence-electron chi connectivity index (χ1n) is 6.50. The van der Waals surface area contributed by atoms with E-state index in [1.54, 1.807) is 18.3 Å². The molecule has 0 aliphatic carbocycles. The number of amides is 1. The summed E-state index contributed by atoms with van der Waals surface area (Å²) in [7, 11) is 4.06. The van der Waals surface area contributed by atoms with Crippen LogP contribution in [0.4, 0.5) is 5.69 Å². The minimum Gasteiger partial charge on any atom is -0.333 e. The second-order valence-electron chi connectivity index (χ2n) is 5.13. The lowest BCUT2D eigenvalue weighted by Crippen LogP contribution is -2.41. The standard InChI is InChI=1S/C13H21N5O/c1-17(2)9-11-4-3-7-18(11)13(19)12-6-5-10(16-14)8-15-12/h5-6,8,11,16H,3-4,7,9,14H2,1-2H3. The lowest BCUT2D eigenvalue weighted by Gasteiger charge is -2.26. The molecule has 2 rings (SSSR count). The van der Waals surface area contributed by atoms with Gasteiger partial charge in [-0.3, -0.25) is 10.6 Å². The SMILES string of the molecule is CN(C)CC1CCCN1C(=O)c1ccc(NN)cn1. The van der Waals surface area contributed by atoms with Gasteiger partial charge in [-0.1, -0.05) is 0 Å². The summed E-state index contributed by atoms with van der Waals surface area (Å²) in [5, 5.41) is 0. The van der Waals surface area contributed by atoms with Crippen LogP contribution in [-0.2, 0) is 0 Å². The Kier molecular flexibility index (Phi) is 4.34. The van der Waals surface area contributed by atoms with Gasteiger partial charge in [0.2, 0.25) is 0 Å². The number of anilines is 1.